The Labute approximate surface area is 123 Å². The molecule has 0 amide bonds. The standard InChI is InChI=1S/C13H22BrN3O2/c1-5-10-13(14)11(17(4)15-10)9-16(3)8-7-12(18)19-6-2/h5-9H2,1-4H3. The third-order valence-electron chi connectivity index (χ3n) is 2.93. The van der Waals surface area contributed by atoms with Gasteiger partial charge in [-0.15, -0.1) is 0 Å². The topological polar surface area (TPSA) is 47.4 Å². The maximum Gasteiger partial charge on any atom is 0.307 e. The molecule has 0 aliphatic carbocycles. The van der Waals surface area contributed by atoms with Gasteiger partial charge in [-0.25, -0.2) is 0 Å². The van der Waals surface area contributed by atoms with E-state index in [1.807, 2.05) is 25.7 Å². The lowest BCUT2D eigenvalue weighted by Gasteiger charge is -2.16. The number of aromatic nitrogens is 2. The third kappa shape index (κ3) is 4.62. The maximum absolute atomic E-state index is 11.3. The van der Waals surface area contributed by atoms with E-state index < -0.39 is 0 Å². The molecule has 0 bridgehead atoms. The number of rotatable bonds is 7. The van der Waals surface area contributed by atoms with Crippen molar-refractivity contribution in [2.24, 2.45) is 7.05 Å². The lowest BCUT2D eigenvalue weighted by atomic mass is 10.3. The molecule has 108 valence electrons. The summed E-state index contributed by atoms with van der Waals surface area (Å²) in [5.74, 6) is -0.146. The zero-order valence-electron chi connectivity index (χ0n) is 12.1. The molecule has 1 rings (SSSR count). The van der Waals surface area contributed by atoms with E-state index in [-0.39, 0.29) is 5.97 Å². The highest BCUT2D eigenvalue weighted by molar-refractivity contribution is 9.10. The average molecular weight is 332 g/mol. The van der Waals surface area contributed by atoms with Crippen LogP contribution in [0.5, 0.6) is 0 Å². The second-order valence-electron chi connectivity index (χ2n) is 4.48. The first-order chi connectivity index (χ1) is 8.99. The Bertz CT molecular complexity index is 432. The second-order valence-corrected chi connectivity index (χ2v) is 5.27. The first kappa shape index (κ1) is 16.2. The van der Waals surface area contributed by atoms with E-state index in [4.69, 9.17) is 4.74 Å². The van der Waals surface area contributed by atoms with E-state index in [0.717, 1.165) is 28.8 Å². The SMILES string of the molecule is CCOC(=O)CCN(C)Cc1c(Br)c(CC)nn1C. The zero-order valence-corrected chi connectivity index (χ0v) is 13.7. The summed E-state index contributed by atoms with van der Waals surface area (Å²) in [6.07, 6.45) is 1.32. The van der Waals surface area contributed by atoms with Crippen LogP contribution in [0.1, 0.15) is 31.7 Å². The molecule has 0 fully saturated rings. The molecule has 19 heavy (non-hydrogen) atoms. The fourth-order valence-corrected chi connectivity index (χ4v) is 2.58. The number of esters is 1. The Morgan fingerprint density at radius 2 is 2.16 bits per heavy atom. The molecular weight excluding hydrogens is 310 g/mol. The van der Waals surface area contributed by atoms with Crippen LogP contribution in [-0.4, -0.2) is 40.8 Å². The Hall–Kier alpha value is -0.880. The van der Waals surface area contributed by atoms with E-state index >= 15 is 0 Å². The molecule has 0 atom stereocenters. The Morgan fingerprint density at radius 1 is 1.47 bits per heavy atom. The lowest BCUT2D eigenvalue weighted by Crippen LogP contribution is -2.23. The smallest absolute Gasteiger partial charge is 0.307 e. The lowest BCUT2D eigenvalue weighted by molar-refractivity contribution is -0.143. The van der Waals surface area contributed by atoms with Gasteiger partial charge in [0, 0.05) is 20.1 Å². The number of hydrogen-bond acceptors (Lipinski definition) is 4. The van der Waals surface area contributed by atoms with Gasteiger partial charge in [0.1, 0.15) is 0 Å². The summed E-state index contributed by atoms with van der Waals surface area (Å²) in [6.45, 7) is 5.78. The maximum atomic E-state index is 11.3. The van der Waals surface area contributed by atoms with Crippen LogP contribution >= 0.6 is 15.9 Å². The predicted molar refractivity (Wildman–Crippen MR) is 77.9 cm³/mol. The van der Waals surface area contributed by atoms with E-state index in [1.165, 1.54) is 0 Å². The molecule has 6 heteroatoms. The van der Waals surface area contributed by atoms with Crippen molar-refractivity contribution in [3.05, 3.63) is 15.9 Å². The van der Waals surface area contributed by atoms with E-state index in [0.29, 0.717) is 19.6 Å². The van der Waals surface area contributed by atoms with E-state index in [2.05, 4.69) is 32.9 Å². The third-order valence-corrected chi connectivity index (χ3v) is 3.84. The summed E-state index contributed by atoms with van der Waals surface area (Å²) in [5, 5.41) is 4.46. The second kappa shape index (κ2) is 7.65. The van der Waals surface area contributed by atoms with Crippen LogP contribution in [0, 0.1) is 0 Å². The van der Waals surface area contributed by atoms with Crippen LogP contribution in [0.3, 0.4) is 0 Å². The average Bonchev–Trinajstić information content (AvgIpc) is 2.64. The van der Waals surface area contributed by atoms with Crippen LogP contribution in [0.2, 0.25) is 0 Å². The number of halogens is 1. The molecule has 1 heterocycles. The summed E-state index contributed by atoms with van der Waals surface area (Å²) in [6, 6.07) is 0. The highest BCUT2D eigenvalue weighted by Gasteiger charge is 2.14. The fraction of sp³-hybridized carbons (Fsp3) is 0.692. The van der Waals surface area contributed by atoms with Gasteiger partial charge in [-0.05, 0) is 36.3 Å². The molecule has 1 aromatic heterocycles. The van der Waals surface area contributed by atoms with E-state index in [9.17, 15) is 4.79 Å². The van der Waals surface area contributed by atoms with Crippen LogP contribution in [0.25, 0.3) is 0 Å². The number of nitrogens with zero attached hydrogens (tertiary/aromatic N) is 3. The van der Waals surface area contributed by atoms with Crippen LogP contribution < -0.4 is 0 Å². The van der Waals surface area contributed by atoms with Crippen molar-refractivity contribution < 1.29 is 9.53 Å². The van der Waals surface area contributed by atoms with Gasteiger partial charge in [0.15, 0.2) is 0 Å². The molecule has 0 N–H and O–H groups in total. The molecule has 0 aliphatic heterocycles. The highest BCUT2D eigenvalue weighted by Crippen LogP contribution is 2.22. The first-order valence-corrected chi connectivity index (χ1v) is 7.33. The number of ether oxygens (including phenoxy) is 1. The van der Waals surface area contributed by atoms with Gasteiger partial charge in [-0.1, -0.05) is 6.92 Å². The van der Waals surface area contributed by atoms with Gasteiger partial charge in [0.2, 0.25) is 0 Å². The normalized spacial score (nSPS) is 11.1. The minimum Gasteiger partial charge on any atom is -0.466 e. The molecule has 0 unspecified atom stereocenters. The molecule has 0 aromatic carbocycles. The van der Waals surface area contributed by atoms with Crippen molar-refractivity contribution in [3.8, 4) is 0 Å². The van der Waals surface area contributed by atoms with Gasteiger partial charge in [-0.2, -0.15) is 5.10 Å². The van der Waals surface area contributed by atoms with Crippen LogP contribution in [0.4, 0.5) is 0 Å². The Balaban J connectivity index is 2.55. The predicted octanol–water partition coefficient (Wildman–Crippen LogP) is 2.13. The summed E-state index contributed by atoms with van der Waals surface area (Å²) in [4.78, 5) is 13.4. The summed E-state index contributed by atoms with van der Waals surface area (Å²) < 4.78 is 7.88. The van der Waals surface area contributed by atoms with Crippen molar-refractivity contribution in [2.45, 2.75) is 33.2 Å². The van der Waals surface area contributed by atoms with Gasteiger partial charge in [0.05, 0.1) is 28.9 Å². The molecular formula is C13H22BrN3O2. The molecule has 5 nitrogen and oxygen atoms in total. The summed E-state index contributed by atoms with van der Waals surface area (Å²) >= 11 is 3.59. The summed E-state index contributed by atoms with van der Waals surface area (Å²) in [5.41, 5.74) is 2.19. The highest BCUT2D eigenvalue weighted by atomic mass is 79.9. The molecule has 0 radical (unpaired) electrons. The van der Waals surface area contributed by atoms with Gasteiger partial charge >= 0.3 is 5.97 Å². The Kier molecular flexibility index (Phi) is 6.51. The summed E-state index contributed by atoms with van der Waals surface area (Å²) in [7, 11) is 3.93. The first-order valence-electron chi connectivity index (χ1n) is 6.53. The van der Waals surface area contributed by atoms with Gasteiger partial charge < -0.3 is 4.74 Å². The monoisotopic (exact) mass is 331 g/mol. The van der Waals surface area contributed by atoms with Gasteiger partial charge in [-0.3, -0.25) is 14.4 Å². The minimum atomic E-state index is -0.146. The van der Waals surface area contributed by atoms with Crippen molar-refractivity contribution >= 4 is 21.9 Å². The van der Waals surface area contributed by atoms with Crippen molar-refractivity contribution in [3.63, 3.8) is 0 Å². The minimum absolute atomic E-state index is 0.146. The molecule has 0 saturated carbocycles. The Morgan fingerprint density at radius 3 is 2.68 bits per heavy atom. The number of carbonyl (C=O) groups is 1. The molecule has 1 aromatic rings. The quantitative estimate of drug-likeness (QED) is 0.718. The van der Waals surface area contributed by atoms with E-state index in [1.54, 1.807) is 0 Å². The van der Waals surface area contributed by atoms with Crippen LogP contribution in [-0.2, 0) is 29.5 Å². The molecule has 0 spiro atoms. The van der Waals surface area contributed by atoms with Crippen molar-refractivity contribution in [2.75, 3.05) is 20.2 Å². The van der Waals surface area contributed by atoms with Gasteiger partial charge in [0.25, 0.3) is 0 Å². The van der Waals surface area contributed by atoms with Crippen LogP contribution in [0.15, 0.2) is 4.47 Å². The zero-order chi connectivity index (χ0) is 14.4. The number of hydrogen-bond donors (Lipinski definition) is 0. The van der Waals surface area contributed by atoms with Crippen molar-refractivity contribution in [1.82, 2.24) is 14.7 Å². The number of aryl methyl sites for hydroxylation is 2. The fourth-order valence-electron chi connectivity index (χ4n) is 1.84. The molecule has 0 saturated heterocycles. The number of carbonyl (C=O) groups excluding carboxylic acids is 1. The van der Waals surface area contributed by atoms with Crippen molar-refractivity contribution in [1.29, 1.82) is 0 Å². The molecule has 0 aliphatic rings. The largest absolute Gasteiger partial charge is 0.466 e.